The fourth-order valence-corrected chi connectivity index (χ4v) is 2.73. The highest BCUT2D eigenvalue weighted by Crippen LogP contribution is 2.18. The Morgan fingerprint density at radius 2 is 1.96 bits per heavy atom. The van der Waals surface area contributed by atoms with Gasteiger partial charge in [-0.15, -0.1) is 6.58 Å². The number of benzene rings is 2. The van der Waals surface area contributed by atoms with Gasteiger partial charge in [0.2, 0.25) is 0 Å². The average molecular weight is 322 g/mol. The Morgan fingerprint density at radius 3 is 2.71 bits per heavy atom. The summed E-state index contributed by atoms with van der Waals surface area (Å²) in [6.45, 7) is 4.80. The molecule has 0 saturated heterocycles. The predicted octanol–water partition coefficient (Wildman–Crippen LogP) is 4.18. The van der Waals surface area contributed by atoms with Crippen LogP contribution in [0.25, 0.3) is 10.9 Å². The highest BCUT2D eigenvalue weighted by Gasteiger charge is 2.17. The average Bonchev–Trinajstić information content (AvgIpc) is 3.02. The van der Waals surface area contributed by atoms with Gasteiger partial charge in [-0.25, -0.2) is 4.39 Å². The summed E-state index contributed by atoms with van der Waals surface area (Å²) in [4.78, 5) is 17.6. The molecule has 0 aliphatic heterocycles. The van der Waals surface area contributed by atoms with Crippen LogP contribution in [0.5, 0.6) is 0 Å². The minimum absolute atomic E-state index is 0.109. The van der Waals surface area contributed by atoms with Gasteiger partial charge in [0.05, 0.1) is 0 Å². The summed E-state index contributed by atoms with van der Waals surface area (Å²) in [5.74, 6) is -0.421. The molecular weight excluding hydrogens is 303 g/mol. The minimum atomic E-state index is -0.312. The number of rotatable bonds is 6. The Hall–Kier alpha value is -2.88. The van der Waals surface area contributed by atoms with Crippen LogP contribution in [0.2, 0.25) is 0 Å². The Kier molecular flexibility index (Phi) is 4.75. The van der Waals surface area contributed by atoms with E-state index >= 15 is 0 Å². The molecule has 0 radical (unpaired) electrons. The minimum Gasteiger partial charge on any atom is -0.351 e. The van der Waals surface area contributed by atoms with Crippen LogP contribution in [0.3, 0.4) is 0 Å². The van der Waals surface area contributed by atoms with Gasteiger partial charge in [0, 0.05) is 24.0 Å². The molecule has 0 spiro atoms. The number of amides is 1. The molecule has 3 aromatic rings. The Balaban J connectivity index is 1.78. The molecule has 4 heteroatoms. The van der Waals surface area contributed by atoms with Gasteiger partial charge in [-0.05, 0) is 36.2 Å². The van der Waals surface area contributed by atoms with Gasteiger partial charge in [-0.1, -0.05) is 36.4 Å². The number of hydrogen-bond donors (Lipinski definition) is 1. The smallest absolute Gasteiger partial charge is 0.270 e. The van der Waals surface area contributed by atoms with Crippen LogP contribution in [0.4, 0.5) is 4.39 Å². The molecule has 1 heterocycles. The summed E-state index contributed by atoms with van der Waals surface area (Å²) in [6, 6.07) is 16.2. The van der Waals surface area contributed by atoms with Crippen molar-refractivity contribution >= 4 is 16.8 Å². The lowest BCUT2D eigenvalue weighted by atomic mass is 10.1. The van der Waals surface area contributed by atoms with Gasteiger partial charge in [-0.3, -0.25) is 4.79 Å². The molecule has 2 aromatic carbocycles. The second kappa shape index (κ2) is 7.13. The van der Waals surface area contributed by atoms with E-state index in [0.717, 1.165) is 11.9 Å². The summed E-state index contributed by atoms with van der Waals surface area (Å²) in [5, 5.41) is 0.694. The van der Waals surface area contributed by atoms with E-state index in [-0.39, 0.29) is 11.7 Å². The van der Waals surface area contributed by atoms with Crippen LogP contribution in [0, 0.1) is 5.82 Å². The van der Waals surface area contributed by atoms with Crippen molar-refractivity contribution in [1.82, 2.24) is 9.88 Å². The fourth-order valence-electron chi connectivity index (χ4n) is 2.73. The van der Waals surface area contributed by atoms with E-state index in [1.165, 1.54) is 17.7 Å². The van der Waals surface area contributed by atoms with Gasteiger partial charge in [0.1, 0.15) is 11.5 Å². The lowest BCUT2D eigenvalue weighted by Crippen LogP contribution is -2.33. The van der Waals surface area contributed by atoms with Crippen LogP contribution in [-0.4, -0.2) is 28.9 Å². The molecule has 0 fully saturated rings. The first kappa shape index (κ1) is 16.0. The lowest BCUT2D eigenvalue weighted by Gasteiger charge is -2.20. The zero-order valence-electron chi connectivity index (χ0n) is 13.3. The van der Waals surface area contributed by atoms with Crippen molar-refractivity contribution in [2.24, 2.45) is 0 Å². The van der Waals surface area contributed by atoms with Gasteiger partial charge in [-0.2, -0.15) is 0 Å². The third kappa shape index (κ3) is 3.54. The second-order valence-corrected chi connectivity index (χ2v) is 5.69. The van der Waals surface area contributed by atoms with E-state index in [1.54, 1.807) is 23.1 Å². The van der Waals surface area contributed by atoms with Crippen LogP contribution in [0.15, 0.2) is 67.3 Å². The molecule has 0 aliphatic rings. The molecule has 0 bridgehead atoms. The number of nitrogens with zero attached hydrogens (tertiary/aromatic N) is 1. The number of aromatic amines is 1. The van der Waals surface area contributed by atoms with E-state index < -0.39 is 0 Å². The number of carbonyl (C=O) groups is 1. The number of fused-ring (bicyclic) bond motifs is 1. The highest BCUT2D eigenvalue weighted by atomic mass is 19.1. The Morgan fingerprint density at radius 1 is 1.17 bits per heavy atom. The molecule has 122 valence electrons. The fraction of sp³-hybridized carbons (Fsp3) is 0.150. The zero-order valence-corrected chi connectivity index (χ0v) is 13.3. The topological polar surface area (TPSA) is 36.1 Å². The lowest BCUT2D eigenvalue weighted by molar-refractivity contribution is 0.0771. The highest BCUT2D eigenvalue weighted by molar-refractivity contribution is 5.98. The molecule has 1 N–H and O–H groups in total. The summed E-state index contributed by atoms with van der Waals surface area (Å²) < 4.78 is 13.3. The maximum absolute atomic E-state index is 13.3. The van der Waals surface area contributed by atoms with Gasteiger partial charge >= 0.3 is 0 Å². The van der Waals surface area contributed by atoms with E-state index in [2.05, 4.69) is 11.6 Å². The summed E-state index contributed by atoms with van der Waals surface area (Å²) >= 11 is 0. The second-order valence-electron chi connectivity index (χ2n) is 5.69. The zero-order chi connectivity index (χ0) is 16.9. The third-order valence-electron chi connectivity index (χ3n) is 3.96. The molecule has 1 amide bonds. The SMILES string of the molecule is C=CCN(CCc1ccccc1)C(=O)c1cc2cc(F)ccc2[nH]1. The standard InChI is InChI=1S/C20H19FN2O/c1-2-11-23(12-10-15-6-4-3-5-7-15)20(24)19-14-16-13-17(21)8-9-18(16)22-19/h2-9,13-14,22H,1,10-12H2. The molecule has 0 atom stereocenters. The molecular formula is C20H19FN2O. The molecule has 0 aliphatic carbocycles. The van der Waals surface area contributed by atoms with Gasteiger partial charge < -0.3 is 9.88 Å². The number of carbonyl (C=O) groups excluding carboxylic acids is 1. The maximum Gasteiger partial charge on any atom is 0.270 e. The van der Waals surface area contributed by atoms with E-state index in [0.29, 0.717) is 24.2 Å². The van der Waals surface area contributed by atoms with Crippen molar-refractivity contribution in [1.29, 1.82) is 0 Å². The quantitative estimate of drug-likeness (QED) is 0.679. The molecule has 3 rings (SSSR count). The van der Waals surface area contributed by atoms with Crippen LogP contribution >= 0.6 is 0 Å². The monoisotopic (exact) mass is 322 g/mol. The predicted molar refractivity (Wildman–Crippen MR) is 94.5 cm³/mol. The molecule has 0 unspecified atom stereocenters. The molecule has 3 nitrogen and oxygen atoms in total. The maximum atomic E-state index is 13.3. The first-order valence-electron chi connectivity index (χ1n) is 7.90. The van der Waals surface area contributed by atoms with Crippen LogP contribution in [-0.2, 0) is 6.42 Å². The van der Waals surface area contributed by atoms with Crippen LogP contribution < -0.4 is 0 Å². The van der Waals surface area contributed by atoms with E-state index in [1.807, 2.05) is 30.3 Å². The van der Waals surface area contributed by atoms with Gasteiger partial charge in [0.15, 0.2) is 0 Å². The Bertz CT molecular complexity index is 854. The van der Waals surface area contributed by atoms with Crippen molar-refractivity contribution in [2.45, 2.75) is 6.42 Å². The Labute approximate surface area is 140 Å². The van der Waals surface area contributed by atoms with Gasteiger partial charge in [0.25, 0.3) is 5.91 Å². The van der Waals surface area contributed by atoms with Crippen LogP contribution in [0.1, 0.15) is 16.1 Å². The summed E-state index contributed by atoms with van der Waals surface area (Å²) in [6.07, 6.45) is 2.49. The number of H-pyrrole nitrogens is 1. The normalized spacial score (nSPS) is 10.7. The van der Waals surface area contributed by atoms with Crippen molar-refractivity contribution in [3.8, 4) is 0 Å². The molecule has 1 aromatic heterocycles. The molecule has 0 saturated carbocycles. The third-order valence-corrected chi connectivity index (χ3v) is 3.96. The largest absolute Gasteiger partial charge is 0.351 e. The van der Waals surface area contributed by atoms with Crippen molar-refractivity contribution < 1.29 is 9.18 Å². The number of hydrogen-bond acceptors (Lipinski definition) is 1. The van der Waals surface area contributed by atoms with Crippen molar-refractivity contribution in [2.75, 3.05) is 13.1 Å². The number of nitrogens with one attached hydrogen (secondary N) is 1. The van der Waals surface area contributed by atoms with E-state index in [9.17, 15) is 9.18 Å². The number of halogens is 1. The van der Waals surface area contributed by atoms with E-state index in [4.69, 9.17) is 0 Å². The molecule has 24 heavy (non-hydrogen) atoms. The summed E-state index contributed by atoms with van der Waals surface area (Å²) in [5.41, 5.74) is 2.39. The first-order chi connectivity index (χ1) is 11.7. The summed E-state index contributed by atoms with van der Waals surface area (Å²) in [7, 11) is 0. The van der Waals surface area contributed by atoms with Crippen molar-refractivity contribution in [3.63, 3.8) is 0 Å². The first-order valence-corrected chi connectivity index (χ1v) is 7.90. The number of aromatic nitrogens is 1. The van der Waals surface area contributed by atoms with Crippen molar-refractivity contribution in [3.05, 3.63) is 84.3 Å².